The predicted octanol–water partition coefficient (Wildman–Crippen LogP) is 0.571. The summed E-state index contributed by atoms with van der Waals surface area (Å²) in [4.78, 5) is 2.37. The molecule has 3 heteroatoms. The molecule has 2 rings (SSSR count). The van der Waals surface area contributed by atoms with E-state index in [4.69, 9.17) is 5.73 Å². The number of hydrogen-bond acceptors (Lipinski definition) is 3. The first-order valence-corrected chi connectivity index (χ1v) is 5.77. The van der Waals surface area contributed by atoms with Gasteiger partial charge in [-0.2, -0.15) is 0 Å². The number of nitrogens with two attached hydrogens (primary N) is 1. The molecule has 1 aliphatic carbocycles. The SMILES string of the molecule is CC1(O)CCN(CC2CCCC2N)C1. The normalized spacial score (nSPS) is 44.8. The highest BCUT2D eigenvalue weighted by atomic mass is 16.3. The molecule has 2 aliphatic rings. The van der Waals surface area contributed by atoms with Crippen LogP contribution in [0, 0.1) is 5.92 Å². The van der Waals surface area contributed by atoms with Crippen LogP contribution in [0.15, 0.2) is 0 Å². The van der Waals surface area contributed by atoms with Gasteiger partial charge in [0.1, 0.15) is 0 Å². The highest BCUT2D eigenvalue weighted by Gasteiger charge is 2.34. The predicted molar refractivity (Wildman–Crippen MR) is 57.0 cm³/mol. The fourth-order valence-electron chi connectivity index (χ4n) is 2.82. The summed E-state index contributed by atoms with van der Waals surface area (Å²) in [5.74, 6) is 0.670. The number of aliphatic hydroxyl groups is 1. The van der Waals surface area contributed by atoms with E-state index in [0.29, 0.717) is 12.0 Å². The standard InChI is InChI=1S/C11H22N2O/c1-11(14)5-6-13(8-11)7-9-3-2-4-10(9)12/h9-10,14H,2-8,12H2,1H3. The van der Waals surface area contributed by atoms with Gasteiger partial charge in [-0.05, 0) is 32.1 Å². The Bertz CT molecular complexity index is 205. The first kappa shape index (κ1) is 10.4. The van der Waals surface area contributed by atoms with Gasteiger partial charge in [0.05, 0.1) is 5.60 Å². The molecule has 3 unspecified atom stereocenters. The molecule has 1 heterocycles. The number of nitrogens with zero attached hydrogens (tertiary/aromatic N) is 1. The molecule has 3 nitrogen and oxygen atoms in total. The molecule has 0 amide bonds. The summed E-state index contributed by atoms with van der Waals surface area (Å²) in [5, 5.41) is 9.83. The number of β-amino-alcohol motifs (C(OH)–C–C–N with tert-alkyl or cyclic N) is 1. The zero-order chi connectivity index (χ0) is 10.2. The van der Waals surface area contributed by atoms with Crippen molar-refractivity contribution in [2.45, 2.75) is 44.2 Å². The maximum atomic E-state index is 9.83. The van der Waals surface area contributed by atoms with E-state index in [1.165, 1.54) is 19.3 Å². The maximum Gasteiger partial charge on any atom is 0.0758 e. The number of hydrogen-bond donors (Lipinski definition) is 2. The molecule has 3 N–H and O–H groups in total. The van der Waals surface area contributed by atoms with Crippen molar-refractivity contribution in [2.75, 3.05) is 19.6 Å². The van der Waals surface area contributed by atoms with Crippen molar-refractivity contribution < 1.29 is 5.11 Å². The summed E-state index contributed by atoms with van der Waals surface area (Å²) in [6, 6.07) is 0.403. The molecule has 0 aromatic carbocycles. The summed E-state index contributed by atoms with van der Waals surface area (Å²) in [6.45, 7) is 4.89. The van der Waals surface area contributed by atoms with Crippen LogP contribution in [0.2, 0.25) is 0 Å². The van der Waals surface area contributed by atoms with Crippen LogP contribution in [-0.2, 0) is 0 Å². The molecule has 0 spiro atoms. The molecule has 1 saturated heterocycles. The van der Waals surface area contributed by atoms with Crippen molar-refractivity contribution in [1.82, 2.24) is 4.90 Å². The Labute approximate surface area is 86.3 Å². The Balaban J connectivity index is 1.81. The van der Waals surface area contributed by atoms with Crippen molar-refractivity contribution in [3.05, 3.63) is 0 Å². The van der Waals surface area contributed by atoms with Crippen LogP contribution < -0.4 is 5.73 Å². The zero-order valence-corrected chi connectivity index (χ0v) is 9.08. The first-order valence-electron chi connectivity index (χ1n) is 5.77. The second-order valence-electron chi connectivity index (χ2n) is 5.34. The number of likely N-dealkylation sites (tertiary alicyclic amines) is 1. The van der Waals surface area contributed by atoms with E-state index in [9.17, 15) is 5.11 Å². The van der Waals surface area contributed by atoms with E-state index >= 15 is 0 Å². The molecule has 0 bridgehead atoms. The van der Waals surface area contributed by atoms with Crippen molar-refractivity contribution >= 4 is 0 Å². The summed E-state index contributed by atoms with van der Waals surface area (Å²) in [7, 11) is 0. The van der Waals surface area contributed by atoms with Gasteiger partial charge in [-0.1, -0.05) is 6.42 Å². The van der Waals surface area contributed by atoms with Gasteiger partial charge < -0.3 is 15.7 Å². The Morgan fingerprint density at radius 2 is 2.29 bits per heavy atom. The van der Waals surface area contributed by atoms with E-state index in [0.717, 1.165) is 26.1 Å². The second-order valence-corrected chi connectivity index (χ2v) is 5.34. The summed E-state index contributed by atoms with van der Waals surface area (Å²) >= 11 is 0. The van der Waals surface area contributed by atoms with E-state index in [-0.39, 0.29) is 0 Å². The lowest BCUT2D eigenvalue weighted by Gasteiger charge is -2.24. The molecular formula is C11H22N2O. The van der Waals surface area contributed by atoms with Crippen LogP contribution in [-0.4, -0.2) is 41.3 Å². The fraction of sp³-hybridized carbons (Fsp3) is 1.00. The van der Waals surface area contributed by atoms with Crippen LogP contribution in [0.5, 0.6) is 0 Å². The van der Waals surface area contributed by atoms with E-state index in [1.54, 1.807) is 0 Å². The highest BCUT2D eigenvalue weighted by molar-refractivity contribution is 4.89. The van der Waals surface area contributed by atoms with Gasteiger partial charge in [-0.15, -0.1) is 0 Å². The van der Waals surface area contributed by atoms with Crippen LogP contribution in [0.4, 0.5) is 0 Å². The van der Waals surface area contributed by atoms with Crippen LogP contribution in [0.25, 0.3) is 0 Å². The molecule has 3 atom stereocenters. The lowest BCUT2D eigenvalue weighted by Crippen LogP contribution is -2.37. The minimum atomic E-state index is -0.456. The van der Waals surface area contributed by atoms with Gasteiger partial charge >= 0.3 is 0 Å². The molecule has 0 aromatic rings. The molecule has 1 aliphatic heterocycles. The Hall–Kier alpha value is -0.120. The van der Waals surface area contributed by atoms with E-state index < -0.39 is 5.60 Å². The van der Waals surface area contributed by atoms with Gasteiger partial charge in [0, 0.05) is 25.7 Å². The molecular weight excluding hydrogens is 176 g/mol. The third kappa shape index (κ3) is 2.27. The molecule has 14 heavy (non-hydrogen) atoms. The topological polar surface area (TPSA) is 49.5 Å². The average molecular weight is 198 g/mol. The van der Waals surface area contributed by atoms with Gasteiger partial charge in [0.2, 0.25) is 0 Å². The zero-order valence-electron chi connectivity index (χ0n) is 9.08. The summed E-state index contributed by atoms with van der Waals surface area (Å²) < 4.78 is 0. The van der Waals surface area contributed by atoms with Crippen LogP contribution in [0.3, 0.4) is 0 Å². The van der Waals surface area contributed by atoms with Crippen molar-refractivity contribution in [2.24, 2.45) is 11.7 Å². The van der Waals surface area contributed by atoms with Crippen molar-refractivity contribution in [1.29, 1.82) is 0 Å². The van der Waals surface area contributed by atoms with Gasteiger partial charge in [-0.25, -0.2) is 0 Å². The van der Waals surface area contributed by atoms with Crippen LogP contribution in [0.1, 0.15) is 32.6 Å². The summed E-state index contributed by atoms with van der Waals surface area (Å²) in [6.07, 6.45) is 4.67. The Morgan fingerprint density at radius 1 is 1.50 bits per heavy atom. The minimum absolute atomic E-state index is 0.403. The maximum absolute atomic E-state index is 9.83. The largest absolute Gasteiger partial charge is 0.389 e. The lowest BCUT2D eigenvalue weighted by molar-refractivity contribution is 0.0664. The average Bonchev–Trinajstić information content (AvgIpc) is 2.61. The van der Waals surface area contributed by atoms with Crippen molar-refractivity contribution in [3.63, 3.8) is 0 Å². The van der Waals surface area contributed by atoms with Gasteiger partial charge in [0.25, 0.3) is 0 Å². The highest BCUT2D eigenvalue weighted by Crippen LogP contribution is 2.28. The fourth-order valence-corrected chi connectivity index (χ4v) is 2.82. The van der Waals surface area contributed by atoms with E-state index in [1.807, 2.05) is 6.92 Å². The molecule has 2 fully saturated rings. The quantitative estimate of drug-likeness (QED) is 0.682. The Morgan fingerprint density at radius 3 is 2.79 bits per heavy atom. The second kappa shape index (κ2) is 3.80. The first-order chi connectivity index (χ1) is 6.57. The monoisotopic (exact) mass is 198 g/mol. The minimum Gasteiger partial charge on any atom is -0.389 e. The number of rotatable bonds is 2. The third-order valence-corrected chi connectivity index (χ3v) is 3.74. The molecule has 82 valence electrons. The molecule has 0 aromatic heterocycles. The smallest absolute Gasteiger partial charge is 0.0758 e. The third-order valence-electron chi connectivity index (χ3n) is 3.74. The van der Waals surface area contributed by atoms with Crippen LogP contribution >= 0.6 is 0 Å². The molecule has 0 radical (unpaired) electrons. The van der Waals surface area contributed by atoms with Gasteiger partial charge in [0.15, 0.2) is 0 Å². The molecule has 1 saturated carbocycles. The Kier molecular flexibility index (Phi) is 2.82. The lowest BCUT2D eigenvalue weighted by atomic mass is 10.0. The summed E-state index contributed by atoms with van der Waals surface area (Å²) in [5.41, 5.74) is 5.58. The van der Waals surface area contributed by atoms with Crippen molar-refractivity contribution in [3.8, 4) is 0 Å². The van der Waals surface area contributed by atoms with E-state index in [2.05, 4.69) is 4.90 Å². The van der Waals surface area contributed by atoms with Gasteiger partial charge in [-0.3, -0.25) is 0 Å².